The van der Waals surface area contributed by atoms with E-state index in [1.807, 2.05) is 43.3 Å². The van der Waals surface area contributed by atoms with Crippen LogP contribution in [0, 0.1) is 0 Å². The molecule has 1 heterocycles. The normalized spacial score (nSPS) is 14.5. The molecule has 0 aliphatic carbocycles. The second kappa shape index (κ2) is 14.4. The molecule has 10 heteroatoms. The first-order valence-corrected chi connectivity index (χ1v) is 15.5. The molecule has 0 saturated heterocycles. The summed E-state index contributed by atoms with van der Waals surface area (Å²) >= 11 is 0. The van der Waals surface area contributed by atoms with Gasteiger partial charge in [-0.15, -0.1) is 0 Å². The first-order valence-electron chi connectivity index (χ1n) is 14.0. The average Bonchev–Trinajstić information content (AvgIpc) is 3.02. The van der Waals surface area contributed by atoms with Crippen molar-refractivity contribution >= 4 is 21.7 Å². The maximum absolute atomic E-state index is 13.0. The molecular formula is C34H38N2O7S. The summed E-state index contributed by atoms with van der Waals surface area (Å²) < 4.78 is 45.5. The molecule has 4 aromatic carbocycles. The van der Waals surface area contributed by atoms with Crippen LogP contribution in [0.3, 0.4) is 0 Å². The summed E-state index contributed by atoms with van der Waals surface area (Å²) in [6, 6.07) is 26.3. The second-order valence-electron chi connectivity index (χ2n) is 10.2. The molecule has 4 bridgehead atoms. The van der Waals surface area contributed by atoms with Crippen LogP contribution in [-0.4, -0.2) is 45.3 Å². The number of benzene rings is 4. The minimum absolute atomic E-state index is 0. The Bertz CT molecular complexity index is 1670. The zero-order valence-electron chi connectivity index (χ0n) is 23.9. The zero-order chi connectivity index (χ0) is 30.4. The Morgan fingerprint density at radius 1 is 1.00 bits per heavy atom. The van der Waals surface area contributed by atoms with Crippen molar-refractivity contribution in [1.82, 2.24) is 5.32 Å². The first-order chi connectivity index (χ1) is 20.7. The van der Waals surface area contributed by atoms with E-state index in [0.717, 1.165) is 16.7 Å². The Morgan fingerprint density at radius 2 is 1.70 bits per heavy atom. The number of carbonyl (C=O) groups is 1. The minimum Gasteiger partial charge on any atom is -0.492 e. The van der Waals surface area contributed by atoms with Crippen molar-refractivity contribution in [3.8, 4) is 22.6 Å². The highest BCUT2D eigenvalue weighted by Gasteiger charge is 2.22. The van der Waals surface area contributed by atoms with E-state index in [1.165, 1.54) is 6.07 Å². The molecule has 4 aromatic rings. The number of hydrogen-bond acceptors (Lipinski definition) is 8. The lowest BCUT2D eigenvalue weighted by atomic mass is 10.0. The fourth-order valence-electron chi connectivity index (χ4n) is 4.64. The predicted molar refractivity (Wildman–Crippen MR) is 171 cm³/mol. The molecule has 1 aliphatic rings. The number of nitrogens with one attached hydrogen (secondary N) is 2. The van der Waals surface area contributed by atoms with Crippen molar-refractivity contribution in [3.63, 3.8) is 0 Å². The van der Waals surface area contributed by atoms with Gasteiger partial charge < -0.3 is 24.6 Å². The molecule has 232 valence electrons. The van der Waals surface area contributed by atoms with Crippen molar-refractivity contribution in [1.29, 1.82) is 0 Å². The van der Waals surface area contributed by atoms with Gasteiger partial charge in [-0.25, -0.2) is 13.2 Å². The summed E-state index contributed by atoms with van der Waals surface area (Å²) in [7, 11) is -3.85. The molecule has 0 fully saturated rings. The van der Waals surface area contributed by atoms with Crippen molar-refractivity contribution < 1.29 is 32.5 Å². The molecule has 5 rings (SSSR count). The number of aliphatic hydroxyl groups excluding tert-OH is 1. The Balaban J connectivity index is 0.00000442. The SMILES string of the molecule is C.CCOC(=O)c1ccc(-c2ccc(OCC(C)NCC(O)c3ccc4cc3NS(=O)(=O)c3cccc(c3)CO4)cc2)cc1. The lowest BCUT2D eigenvalue weighted by Crippen LogP contribution is -2.35. The van der Waals surface area contributed by atoms with Crippen LogP contribution in [0.4, 0.5) is 5.69 Å². The van der Waals surface area contributed by atoms with Crippen LogP contribution in [0.25, 0.3) is 11.1 Å². The van der Waals surface area contributed by atoms with Gasteiger partial charge in [0.15, 0.2) is 0 Å². The summed E-state index contributed by atoms with van der Waals surface area (Å²) in [5, 5.41) is 14.2. The van der Waals surface area contributed by atoms with Gasteiger partial charge in [0.1, 0.15) is 24.7 Å². The fraction of sp³-hybridized carbons (Fsp3) is 0.265. The van der Waals surface area contributed by atoms with Crippen molar-refractivity contribution in [2.24, 2.45) is 0 Å². The number of ether oxygens (including phenoxy) is 3. The zero-order valence-corrected chi connectivity index (χ0v) is 24.8. The summed E-state index contributed by atoms with van der Waals surface area (Å²) in [5.41, 5.74) is 3.90. The fourth-order valence-corrected chi connectivity index (χ4v) is 5.79. The highest BCUT2D eigenvalue weighted by Crippen LogP contribution is 2.31. The molecule has 0 aromatic heterocycles. The maximum atomic E-state index is 13.0. The smallest absolute Gasteiger partial charge is 0.338 e. The summed E-state index contributed by atoms with van der Waals surface area (Å²) in [6.45, 7) is 4.81. The van der Waals surface area contributed by atoms with E-state index < -0.39 is 16.1 Å². The van der Waals surface area contributed by atoms with Gasteiger partial charge in [-0.3, -0.25) is 4.72 Å². The van der Waals surface area contributed by atoms with E-state index in [0.29, 0.717) is 35.8 Å². The van der Waals surface area contributed by atoms with E-state index >= 15 is 0 Å². The van der Waals surface area contributed by atoms with Gasteiger partial charge in [-0.1, -0.05) is 49.9 Å². The topological polar surface area (TPSA) is 123 Å². The van der Waals surface area contributed by atoms with E-state index in [9.17, 15) is 18.3 Å². The van der Waals surface area contributed by atoms with Crippen LogP contribution in [0.1, 0.15) is 48.9 Å². The number of esters is 1. The molecule has 0 saturated carbocycles. The third kappa shape index (κ3) is 7.96. The number of sulfonamides is 1. The molecule has 44 heavy (non-hydrogen) atoms. The monoisotopic (exact) mass is 618 g/mol. The van der Waals surface area contributed by atoms with Gasteiger partial charge in [-0.2, -0.15) is 0 Å². The van der Waals surface area contributed by atoms with Gasteiger partial charge in [-0.05, 0) is 73.0 Å². The van der Waals surface area contributed by atoms with Gasteiger partial charge in [0, 0.05) is 24.2 Å². The van der Waals surface area contributed by atoms with E-state index in [4.69, 9.17) is 14.2 Å². The average molecular weight is 619 g/mol. The number of hydrogen-bond donors (Lipinski definition) is 3. The third-order valence-electron chi connectivity index (χ3n) is 6.99. The third-order valence-corrected chi connectivity index (χ3v) is 8.35. The quantitative estimate of drug-likeness (QED) is 0.186. The maximum Gasteiger partial charge on any atom is 0.338 e. The molecule has 2 atom stereocenters. The summed E-state index contributed by atoms with van der Waals surface area (Å²) in [4.78, 5) is 12.0. The van der Waals surface area contributed by atoms with E-state index in [-0.39, 0.29) is 43.2 Å². The van der Waals surface area contributed by atoms with Crippen molar-refractivity contribution in [2.45, 2.75) is 44.9 Å². The van der Waals surface area contributed by atoms with Crippen LogP contribution in [0.2, 0.25) is 0 Å². The van der Waals surface area contributed by atoms with Gasteiger partial charge in [0.2, 0.25) is 0 Å². The number of anilines is 1. The minimum atomic E-state index is -3.85. The molecule has 3 N–H and O–H groups in total. The molecular weight excluding hydrogens is 580 g/mol. The molecule has 1 aliphatic heterocycles. The Hall–Kier alpha value is -4.38. The first kappa shape index (κ1) is 32.5. The number of carbonyl (C=O) groups excluding carboxylic acids is 1. The summed E-state index contributed by atoms with van der Waals surface area (Å²) in [5.74, 6) is 0.849. The molecule has 9 nitrogen and oxygen atoms in total. The molecule has 0 spiro atoms. The van der Waals surface area contributed by atoms with Crippen LogP contribution in [0.15, 0.2) is 95.9 Å². The highest BCUT2D eigenvalue weighted by molar-refractivity contribution is 7.92. The Labute approximate surface area is 258 Å². The van der Waals surface area contributed by atoms with Crippen LogP contribution in [0.5, 0.6) is 11.5 Å². The lowest BCUT2D eigenvalue weighted by Gasteiger charge is -2.22. The number of fused-ring (bicyclic) bond motifs is 4. The van der Waals surface area contributed by atoms with Gasteiger partial charge >= 0.3 is 5.97 Å². The van der Waals surface area contributed by atoms with Crippen molar-refractivity contribution in [2.75, 3.05) is 24.5 Å². The van der Waals surface area contributed by atoms with Crippen LogP contribution < -0.4 is 19.5 Å². The standard InChI is InChI=1S/C33H34N2O7S.CH4/c1-3-40-33(37)26-9-7-24(8-10-26)25-11-13-27(14-12-25)41-20-22(2)34-19-32(36)30-16-15-28-18-31(30)35-43(38,39)29-6-4-5-23(17-29)21-42-28;/h4-18,22,32,34-36H,3,19-21H2,1-2H3;1H4. The Kier molecular flexibility index (Phi) is 10.6. The highest BCUT2D eigenvalue weighted by atomic mass is 32.2. The predicted octanol–water partition coefficient (Wildman–Crippen LogP) is 5.95. The summed E-state index contributed by atoms with van der Waals surface area (Å²) in [6.07, 6.45) is -0.988. The largest absolute Gasteiger partial charge is 0.492 e. The van der Waals surface area contributed by atoms with Crippen LogP contribution >= 0.6 is 0 Å². The molecule has 2 unspecified atom stereocenters. The van der Waals surface area contributed by atoms with Gasteiger partial charge in [0.05, 0.1) is 28.9 Å². The molecule has 0 radical (unpaired) electrons. The van der Waals surface area contributed by atoms with E-state index in [1.54, 1.807) is 55.5 Å². The van der Waals surface area contributed by atoms with Crippen LogP contribution in [-0.2, 0) is 21.4 Å². The number of rotatable bonds is 10. The molecule has 0 amide bonds. The lowest BCUT2D eigenvalue weighted by molar-refractivity contribution is 0.0526. The second-order valence-corrected chi connectivity index (χ2v) is 11.9. The van der Waals surface area contributed by atoms with Gasteiger partial charge in [0.25, 0.3) is 10.0 Å². The van der Waals surface area contributed by atoms with E-state index in [2.05, 4.69) is 10.0 Å². The van der Waals surface area contributed by atoms with Crippen molar-refractivity contribution in [3.05, 3.63) is 108 Å². The Morgan fingerprint density at radius 3 is 2.41 bits per heavy atom. The number of aliphatic hydroxyl groups is 1.